The van der Waals surface area contributed by atoms with Crippen LogP contribution in [0.15, 0.2) is 23.0 Å². The number of hydrogen-bond donors (Lipinski definition) is 1. The molecule has 4 heterocycles. The van der Waals surface area contributed by atoms with Gasteiger partial charge in [0.2, 0.25) is 5.65 Å². The molecule has 3 aromatic rings. The zero-order chi connectivity index (χ0) is 16.8. The summed E-state index contributed by atoms with van der Waals surface area (Å²) in [7, 11) is 0. The summed E-state index contributed by atoms with van der Waals surface area (Å²) in [4.78, 5) is 0. The van der Waals surface area contributed by atoms with Gasteiger partial charge in [0, 0.05) is 24.3 Å². The van der Waals surface area contributed by atoms with E-state index in [0.717, 1.165) is 34.9 Å². The van der Waals surface area contributed by atoms with Crippen LogP contribution < -0.4 is 5.32 Å². The summed E-state index contributed by atoms with van der Waals surface area (Å²) in [6.45, 7) is 3.31. The van der Waals surface area contributed by atoms with Crippen LogP contribution in [-0.4, -0.2) is 44.2 Å². The first-order valence-electron chi connectivity index (χ1n) is 8.74. The van der Waals surface area contributed by atoms with Gasteiger partial charge in [-0.2, -0.15) is 9.61 Å². The van der Waals surface area contributed by atoms with Gasteiger partial charge in [-0.05, 0) is 25.8 Å². The van der Waals surface area contributed by atoms with Crippen LogP contribution in [0, 0.1) is 12.8 Å². The summed E-state index contributed by atoms with van der Waals surface area (Å²) in [5.41, 5.74) is 3.75. The third kappa shape index (κ3) is 2.86. The van der Waals surface area contributed by atoms with Crippen molar-refractivity contribution in [2.45, 2.75) is 38.1 Å². The van der Waals surface area contributed by atoms with E-state index in [1.807, 2.05) is 13.0 Å². The van der Waals surface area contributed by atoms with Crippen molar-refractivity contribution >= 4 is 11.3 Å². The Labute approximate surface area is 144 Å². The first-order chi connectivity index (χ1) is 12.3. The molecule has 1 saturated carbocycles. The molecule has 1 aliphatic carbocycles. The van der Waals surface area contributed by atoms with Gasteiger partial charge in [0.1, 0.15) is 12.1 Å². The van der Waals surface area contributed by atoms with Gasteiger partial charge in [0.25, 0.3) is 0 Å². The highest BCUT2D eigenvalue weighted by Crippen LogP contribution is 2.40. The van der Waals surface area contributed by atoms with Crippen molar-refractivity contribution in [1.82, 2.24) is 25.0 Å². The molecule has 0 aromatic carbocycles. The maximum Gasteiger partial charge on any atom is 0.200 e. The second-order valence-corrected chi connectivity index (χ2v) is 7.04. The van der Waals surface area contributed by atoms with Crippen LogP contribution in [0.5, 0.6) is 0 Å². The molecule has 2 aliphatic rings. The molecule has 3 aromatic heterocycles. The summed E-state index contributed by atoms with van der Waals surface area (Å²) in [6.07, 6.45) is 4.88. The second-order valence-electron chi connectivity index (χ2n) is 7.04. The Morgan fingerprint density at radius 1 is 1.28 bits per heavy atom. The predicted molar refractivity (Wildman–Crippen MR) is 89.4 cm³/mol. The van der Waals surface area contributed by atoms with E-state index in [-0.39, 0.29) is 6.04 Å². The molecule has 0 radical (unpaired) electrons. The Bertz CT molecular complexity index is 900. The lowest BCUT2D eigenvalue weighted by Crippen LogP contribution is -2.29. The third-order valence-electron chi connectivity index (χ3n) is 4.96. The average molecular weight is 340 g/mol. The SMILES string of the molecule is Cc1cc(C[C@@H]2COC[C@@H]2Nc2cc(C3CC3)nn3cnnc23)on1. The Hall–Kier alpha value is -2.48. The van der Waals surface area contributed by atoms with Gasteiger partial charge in [-0.25, -0.2) is 0 Å². The van der Waals surface area contributed by atoms with Crippen molar-refractivity contribution < 1.29 is 9.26 Å². The molecular weight excluding hydrogens is 320 g/mol. The van der Waals surface area contributed by atoms with Gasteiger partial charge in [0.15, 0.2) is 0 Å². The average Bonchev–Trinajstić information content (AvgIpc) is 2.98. The molecule has 0 bridgehead atoms. The third-order valence-corrected chi connectivity index (χ3v) is 4.96. The monoisotopic (exact) mass is 340 g/mol. The predicted octanol–water partition coefficient (Wildman–Crippen LogP) is 1.97. The van der Waals surface area contributed by atoms with Gasteiger partial charge in [-0.1, -0.05) is 5.16 Å². The fraction of sp³-hybridized carbons (Fsp3) is 0.529. The Morgan fingerprint density at radius 2 is 2.20 bits per heavy atom. The minimum atomic E-state index is 0.195. The van der Waals surface area contributed by atoms with Crippen LogP contribution in [0.1, 0.15) is 35.9 Å². The van der Waals surface area contributed by atoms with E-state index in [2.05, 4.69) is 31.8 Å². The molecule has 2 atom stereocenters. The summed E-state index contributed by atoms with van der Waals surface area (Å²) in [5.74, 6) is 1.80. The van der Waals surface area contributed by atoms with E-state index in [4.69, 9.17) is 9.26 Å². The van der Waals surface area contributed by atoms with Gasteiger partial charge in [-0.15, -0.1) is 10.2 Å². The van der Waals surface area contributed by atoms with Crippen molar-refractivity contribution in [3.05, 3.63) is 35.6 Å². The number of fused-ring (bicyclic) bond motifs is 1. The lowest BCUT2D eigenvalue weighted by molar-refractivity contribution is 0.183. The van der Waals surface area contributed by atoms with E-state index in [0.29, 0.717) is 25.0 Å². The Balaban J connectivity index is 1.40. The quantitative estimate of drug-likeness (QED) is 0.759. The fourth-order valence-electron chi connectivity index (χ4n) is 3.46. The maximum atomic E-state index is 5.72. The van der Waals surface area contributed by atoms with Gasteiger partial charge in [0.05, 0.1) is 36.3 Å². The fourth-order valence-corrected chi connectivity index (χ4v) is 3.46. The zero-order valence-corrected chi connectivity index (χ0v) is 14.1. The summed E-state index contributed by atoms with van der Waals surface area (Å²) in [5, 5.41) is 20.4. The number of ether oxygens (including phenoxy) is 1. The number of anilines is 1. The van der Waals surface area contributed by atoms with Crippen LogP contribution in [0.4, 0.5) is 5.69 Å². The molecule has 25 heavy (non-hydrogen) atoms. The number of aryl methyl sites for hydroxylation is 1. The normalized spacial score (nSPS) is 23.4. The highest BCUT2D eigenvalue weighted by Gasteiger charge is 2.31. The molecule has 8 heteroatoms. The van der Waals surface area contributed by atoms with Gasteiger partial charge >= 0.3 is 0 Å². The first-order valence-corrected chi connectivity index (χ1v) is 8.74. The van der Waals surface area contributed by atoms with E-state index in [9.17, 15) is 0 Å². The molecule has 1 aliphatic heterocycles. The largest absolute Gasteiger partial charge is 0.379 e. The number of aromatic nitrogens is 5. The lowest BCUT2D eigenvalue weighted by Gasteiger charge is -2.19. The molecule has 5 rings (SSSR count). The van der Waals surface area contributed by atoms with Crippen LogP contribution in [0.3, 0.4) is 0 Å². The van der Waals surface area contributed by atoms with E-state index in [1.54, 1.807) is 10.8 Å². The standard InChI is InChI=1S/C17H20N6O2/c1-10-4-13(25-22-10)5-12-7-24-8-16(12)19-15-6-14(11-2-3-11)21-23-9-18-20-17(15)23/h4,6,9,11-12,16,19H,2-3,5,7-8H2,1H3/t12-,16+/m1/s1. The maximum absolute atomic E-state index is 5.72. The molecule has 0 spiro atoms. The molecule has 1 saturated heterocycles. The van der Waals surface area contributed by atoms with Crippen molar-refractivity contribution in [3.63, 3.8) is 0 Å². The Morgan fingerprint density at radius 3 is 3.00 bits per heavy atom. The van der Waals surface area contributed by atoms with Gasteiger partial charge < -0.3 is 14.6 Å². The molecular formula is C17H20N6O2. The van der Waals surface area contributed by atoms with Gasteiger partial charge in [-0.3, -0.25) is 0 Å². The second kappa shape index (κ2) is 5.80. The van der Waals surface area contributed by atoms with Crippen molar-refractivity contribution in [1.29, 1.82) is 0 Å². The zero-order valence-electron chi connectivity index (χ0n) is 14.1. The summed E-state index contributed by atoms with van der Waals surface area (Å²) in [6, 6.07) is 4.31. The minimum absolute atomic E-state index is 0.195. The lowest BCUT2D eigenvalue weighted by atomic mass is 9.98. The molecule has 0 unspecified atom stereocenters. The summed E-state index contributed by atoms with van der Waals surface area (Å²) >= 11 is 0. The van der Waals surface area contributed by atoms with Crippen LogP contribution in [0.25, 0.3) is 5.65 Å². The van der Waals surface area contributed by atoms with Crippen molar-refractivity contribution in [2.75, 3.05) is 18.5 Å². The molecule has 1 N–H and O–H groups in total. The molecule has 130 valence electrons. The number of nitrogens with one attached hydrogen (secondary N) is 1. The number of hydrogen-bond acceptors (Lipinski definition) is 7. The smallest absolute Gasteiger partial charge is 0.200 e. The van der Waals surface area contributed by atoms with Crippen LogP contribution in [0.2, 0.25) is 0 Å². The molecule has 8 nitrogen and oxygen atoms in total. The topological polar surface area (TPSA) is 90.4 Å². The number of rotatable bonds is 5. The van der Waals surface area contributed by atoms with Crippen LogP contribution in [-0.2, 0) is 11.2 Å². The molecule has 0 amide bonds. The van der Waals surface area contributed by atoms with Crippen molar-refractivity contribution in [2.24, 2.45) is 5.92 Å². The highest BCUT2D eigenvalue weighted by molar-refractivity contribution is 5.67. The summed E-state index contributed by atoms with van der Waals surface area (Å²) < 4.78 is 12.9. The van der Waals surface area contributed by atoms with Crippen LogP contribution >= 0.6 is 0 Å². The van der Waals surface area contributed by atoms with E-state index < -0.39 is 0 Å². The highest BCUT2D eigenvalue weighted by atomic mass is 16.5. The van der Waals surface area contributed by atoms with Crippen molar-refractivity contribution in [3.8, 4) is 0 Å². The van der Waals surface area contributed by atoms with E-state index in [1.165, 1.54) is 12.8 Å². The van der Waals surface area contributed by atoms with E-state index >= 15 is 0 Å². The number of nitrogens with zero attached hydrogens (tertiary/aromatic N) is 5. The minimum Gasteiger partial charge on any atom is -0.379 e. The first kappa shape index (κ1) is 14.8. The Kier molecular flexibility index (Phi) is 3.44. The molecule has 2 fully saturated rings.